The van der Waals surface area contributed by atoms with Gasteiger partial charge in [-0.2, -0.15) is 0 Å². The van der Waals surface area contributed by atoms with Crippen LogP contribution in [0.1, 0.15) is 28.2 Å². The minimum atomic E-state index is -0.500. The quantitative estimate of drug-likeness (QED) is 0.482. The smallest absolute Gasteiger partial charge is 0.323 e. The first kappa shape index (κ1) is 15.5. The standard InChI is InChI=1S/C22H18O3/c1-14-8-7-9-15(2)21(14)25-22(23)20-16-10-3-5-12-18(16)24-19-13-6-4-11-17(19)20/h3-13,20H,1-2H3. The van der Waals surface area contributed by atoms with E-state index in [2.05, 4.69) is 0 Å². The second-order valence-corrected chi connectivity index (χ2v) is 6.25. The summed E-state index contributed by atoms with van der Waals surface area (Å²) in [5, 5.41) is 0. The van der Waals surface area contributed by atoms with Gasteiger partial charge in [0.05, 0.1) is 0 Å². The zero-order valence-corrected chi connectivity index (χ0v) is 14.2. The number of fused-ring (bicyclic) bond motifs is 2. The number of carbonyl (C=O) groups excluding carboxylic acids is 1. The summed E-state index contributed by atoms with van der Waals surface area (Å²) < 4.78 is 11.8. The molecule has 3 aromatic rings. The molecule has 124 valence electrons. The first-order chi connectivity index (χ1) is 12.1. The summed E-state index contributed by atoms with van der Waals surface area (Å²) in [6.45, 7) is 3.89. The fourth-order valence-corrected chi connectivity index (χ4v) is 3.28. The molecule has 1 aliphatic heterocycles. The van der Waals surface area contributed by atoms with Crippen molar-refractivity contribution in [3.63, 3.8) is 0 Å². The van der Waals surface area contributed by atoms with Crippen LogP contribution in [0, 0.1) is 13.8 Å². The van der Waals surface area contributed by atoms with Crippen LogP contribution in [0.4, 0.5) is 0 Å². The van der Waals surface area contributed by atoms with Crippen LogP contribution >= 0.6 is 0 Å². The molecule has 0 atom stereocenters. The third-order valence-electron chi connectivity index (χ3n) is 4.53. The van der Waals surface area contributed by atoms with E-state index in [0.29, 0.717) is 17.2 Å². The molecule has 0 aliphatic carbocycles. The Balaban J connectivity index is 1.78. The Labute approximate surface area is 146 Å². The Kier molecular flexibility index (Phi) is 3.77. The lowest BCUT2D eigenvalue weighted by Gasteiger charge is -2.27. The second kappa shape index (κ2) is 6.10. The maximum Gasteiger partial charge on any atom is 0.323 e. The van der Waals surface area contributed by atoms with E-state index >= 15 is 0 Å². The van der Waals surface area contributed by atoms with Crippen LogP contribution in [0.25, 0.3) is 0 Å². The zero-order chi connectivity index (χ0) is 17.4. The predicted molar refractivity (Wildman–Crippen MR) is 96.4 cm³/mol. The molecular formula is C22H18O3. The highest BCUT2D eigenvalue weighted by Crippen LogP contribution is 2.44. The highest BCUT2D eigenvalue weighted by atomic mass is 16.5. The van der Waals surface area contributed by atoms with E-state index in [1.807, 2.05) is 80.6 Å². The van der Waals surface area contributed by atoms with E-state index in [-0.39, 0.29) is 5.97 Å². The average molecular weight is 330 g/mol. The third-order valence-corrected chi connectivity index (χ3v) is 4.53. The lowest BCUT2D eigenvalue weighted by molar-refractivity contribution is -0.135. The molecule has 0 N–H and O–H groups in total. The number of ether oxygens (including phenoxy) is 2. The number of rotatable bonds is 2. The van der Waals surface area contributed by atoms with Crippen molar-refractivity contribution in [2.45, 2.75) is 19.8 Å². The molecule has 4 rings (SSSR count). The molecule has 0 spiro atoms. The Morgan fingerprint density at radius 2 is 1.32 bits per heavy atom. The van der Waals surface area contributed by atoms with Crippen molar-refractivity contribution in [2.24, 2.45) is 0 Å². The number of hydrogen-bond acceptors (Lipinski definition) is 3. The van der Waals surface area contributed by atoms with E-state index in [0.717, 1.165) is 22.3 Å². The van der Waals surface area contributed by atoms with E-state index in [1.165, 1.54) is 0 Å². The molecule has 0 amide bonds. The van der Waals surface area contributed by atoms with Gasteiger partial charge in [0.1, 0.15) is 23.2 Å². The largest absolute Gasteiger partial charge is 0.457 e. The summed E-state index contributed by atoms with van der Waals surface area (Å²) in [5.41, 5.74) is 3.55. The first-order valence-corrected chi connectivity index (χ1v) is 8.29. The van der Waals surface area contributed by atoms with Gasteiger partial charge in [-0.15, -0.1) is 0 Å². The van der Waals surface area contributed by atoms with Crippen molar-refractivity contribution < 1.29 is 14.3 Å². The predicted octanol–water partition coefficient (Wildman–Crippen LogP) is 5.15. The molecule has 0 bridgehead atoms. The summed E-state index contributed by atoms with van der Waals surface area (Å²) in [6, 6.07) is 21.1. The normalized spacial score (nSPS) is 12.7. The molecule has 0 saturated carbocycles. The van der Waals surface area contributed by atoms with E-state index in [1.54, 1.807) is 0 Å². The van der Waals surface area contributed by atoms with Crippen LogP contribution in [0.15, 0.2) is 66.7 Å². The van der Waals surface area contributed by atoms with Gasteiger partial charge in [-0.05, 0) is 37.1 Å². The number of para-hydroxylation sites is 3. The SMILES string of the molecule is Cc1cccc(C)c1OC(=O)C1c2ccccc2Oc2ccccc21. The Hall–Kier alpha value is -3.07. The summed E-state index contributed by atoms with van der Waals surface area (Å²) in [6.07, 6.45) is 0. The molecule has 0 unspecified atom stereocenters. The average Bonchev–Trinajstić information content (AvgIpc) is 2.62. The molecule has 0 fully saturated rings. The van der Waals surface area contributed by atoms with Crippen molar-refractivity contribution in [3.8, 4) is 17.2 Å². The number of benzene rings is 3. The number of aryl methyl sites for hydroxylation is 2. The number of hydrogen-bond donors (Lipinski definition) is 0. The van der Waals surface area contributed by atoms with Gasteiger partial charge in [0.2, 0.25) is 0 Å². The monoisotopic (exact) mass is 330 g/mol. The highest BCUT2D eigenvalue weighted by Gasteiger charge is 2.34. The second-order valence-electron chi connectivity index (χ2n) is 6.25. The zero-order valence-electron chi connectivity index (χ0n) is 14.2. The van der Waals surface area contributed by atoms with Crippen molar-refractivity contribution in [2.75, 3.05) is 0 Å². The molecular weight excluding hydrogens is 312 g/mol. The topological polar surface area (TPSA) is 35.5 Å². The molecule has 25 heavy (non-hydrogen) atoms. The van der Waals surface area contributed by atoms with Crippen LogP contribution in [-0.2, 0) is 4.79 Å². The Morgan fingerprint density at radius 3 is 1.88 bits per heavy atom. The van der Waals surface area contributed by atoms with Gasteiger partial charge in [0.15, 0.2) is 0 Å². The molecule has 0 aromatic heterocycles. The highest BCUT2D eigenvalue weighted by molar-refractivity contribution is 5.87. The minimum Gasteiger partial charge on any atom is -0.457 e. The number of carbonyl (C=O) groups is 1. The Bertz CT molecular complexity index is 893. The van der Waals surface area contributed by atoms with Crippen molar-refractivity contribution in [1.29, 1.82) is 0 Å². The summed E-state index contributed by atoms with van der Waals surface area (Å²) in [7, 11) is 0. The Morgan fingerprint density at radius 1 is 0.800 bits per heavy atom. The molecule has 0 saturated heterocycles. The van der Waals surface area contributed by atoms with Gasteiger partial charge in [-0.1, -0.05) is 54.6 Å². The van der Waals surface area contributed by atoms with Gasteiger partial charge in [-0.25, -0.2) is 0 Å². The van der Waals surface area contributed by atoms with Gasteiger partial charge >= 0.3 is 5.97 Å². The minimum absolute atomic E-state index is 0.291. The van der Waals surface area contributed by atoms with Crippen LogP contribution < -0.4 is 9.47 Å². The van der Waals surface area contributed by atoms with Crippen molar-refractivity contribution in [3.05, 3.63) is 89.0 Å². The van der Waals surface area contributed by atoms with E-state index in [4.69, 9.17) is 9.47 Å². The van der Waals surface area contributed by atoms with Crippen LogP contribution in [0.5, 0.6) is 17.2 Å². The summed E-state index contributed by atoms with van der Waals surface area (Å²) in [5.74, 6) is 1.24. The summed E-state index contributed by atoms with van der Waals surface area (Å²) >= 11 is 0. The van der Waals surface area contributed by atoms with Gasteiger partial charge in [0, 0.05) is 11.1 Å². The van der Waals surface area contributed by atoms with Gasteiger partial charge in [-0.3, -0.25) is 4.79 Å². The lowest BCUT2D eigenvalue weighted by Crippen LogP contribution is -2.23. The molecule has 1 aliphatic rings. The maximum absolute atomic E-state index is 13.1. The van der Waals surface area contributed by atoms with Crippen molar-refractivity contribution >= 4 is 5.97 Å². The third kappa shape index (κ3) is 2.68. The molecule has 3 heteroatoms. The van der Waals surface area contributed by atoms with Gasteiger partial charge in [0.25, 0.3) is 0 Å². The van der Waals surface area contributed by atoms with Crippen LogP contribution in [-0.4, -0.2) is 5.97 Å². The lowest BCUT2D eigenvalue weighted by atomic mass is 9.88. The fraction of sp³-hybridized carbons (Fsp3) is 0.136. The van der Waals surface area contributed by atoms with Crippen LogP contribution in [0.2, 0.25) is 0 Å². The summed E-state index contributed by atoms with van der Waals surface area (Å²) in [4.78, 5) is 13.1. The van der Waals surface area contributed by atoms with E-state index < -0.39 is 5.92 Å². The first-order valence-electron chi connectivity index (χ1n) is 8.29. The molecule has 3 aromatic carbocycles. The molecule has 0 radical (unpaired) electrons. The maximum atomic E-state index is 13.1. The van der Waals surface area contributed by atoms with Gasteiger partial charge < -0.3 is 9.47 Å². The fourth-order valence-electron chi connectivity index (χ4n) is 3.28. The number of esters is 1. The van der Waals surface area contributed by atoms with Crippen molar-refractivity contribution in [1.82, 2.24) is 0 Å². The van der Waals surface area contributed by atoms with E-state index in [9.17, 15) is 4.79 Å². The molecule has 1 heterocycles. The van der Waals surface area contributed by atoms with Crippen LogP contribution in [0.3, 0.4) is 0 Å². The molecule has 3 nitrogen and oxygen atoms in total.